The number of halogens is 1. The van der Waals surface area contributed by atoms with E-state index in [1.165, 1.54) is 7.11 Å². The lowest BCUT2D eigenvalue weighted by Crippen LogP contribution is -2.25. The van der Waals surface area contributed by atoms with E-state index in [9.17, 15) is 9.18 Å². The number of hydrogen-bond acceptors (Lipinski definition) is 3. The lowest BCUT2D eigenvalue weighted by Gasteiger charge is -2.10. The smallest absolute Gasteiger partial charge is 0.251 e. The van der Waals surface area contributed by atoms with E-state index in [0.29, 0.717) is 35.5 Å². The number of carbonyl (C=O) groups excluding carboxylic acids is 1. The minimum atomic E-state index is -0.440. The Labute approximate surface area is 164 Å². The van der Waals surface area contributed by atoms with Gasteiger partial charge in [0.1, 0.15) is 13.7 Å². The van der Waals surface area contributed by atoms with Gasteiger partial charge in [-0.25, -0.2) is 4.39 Å². The summed E-state index contributed by atoms with van der Waals surface area (Å²) < 4.78 is 24.7. The Morgan fingerprint density at radius 1 is 1.18 bits per heavy atom. The maximum Gasteiger partial charge on any atom is 0.251 e. The maximum absolute atomic E-state index is 14.3. The van der Waals surface area contributed by atoms with Crippen LogP contribution in [0.1, 0.15) is 27.2 Å². The Balaban J connectivity index is 1.76. The number of benzene rings is 2. The highest BCUT2D eigenvalue weighted by Crippen LogP contribution is 2.28. The topological polar surface area (TPSA) is 63.4 Å². The Bertz CT molecular complexity index is 1050. The summed E-state index contributed by atoms with van der Waals surface area (Å²) in [6.45, 7) is 4.20. The minimum absolute atomic E-state index is 0.125. The zero-order valence-electron chi connectivity index (χ0n) is 16.4. The molecule has 0 spiro atoms. The highest BCUT2D eigenvalue weighted by atomic mass is 19.1. The summed E-state index contributed by atoms with van der Waals surface area (Å²) in [4.78, 5) is 15.5. The van der Waals surface area contributed by atoms with Crippen molar-refractivity contribution in [1.29, 1.82) is 0 Å². The molecule has 1 aromatic heterocycles. The van der Waals surface area contributed by atoms with Crippen LogP contribution in [0.4, 0.5) is 4.39 Å². The van der Waals surface area contributed by atoms with Crippen LogP contribution in [-0.2, 0) is 6.42 Å². The number of nitrogens with one attached hydrogen (secondary N) is 2. The number of carbonyl (C=O) groups is 1. The van der Waals surface area contributed by atoms with Crippen LogP contribution in [-0.4, -0.2) is 39.5 Å². The zero-order chi connectivity index (χ0) is 20.4. The quantitative estimate of drug-likeness (QED) is 0.647. The van der Waals surface area contributed by atoms with E-state index in [1.807, 2.05) is 13.8 Å². The Hall–Kier alpha value is -2.96. The van der Waals surface area contributed by atoms with Gasteiger partial charge in [-0.1, -0.05) is 11.5 Å². The first-order valence-electron chi connectivity index (χ1n) is 8.93. The van der Waals surface area contributed by atoms with Crippen LogP contribution in [0.3, 0.4) is 0 Å². The van der Waals surface area contributed by atoms with Crippen molar-refractivity contribution in [2.75, 3.05) is 20.8 Å². The molecular formula is C21H22BFN2O3. The summed E-state index contributed by atoms with van der Waals surface area (Å²) in [5.74, 6) is 0.395. The van der Waals surface area contributed by atoms with Crippen LogP contribution in [0.15, 0.2) is 24.3 Å². The fourth-order valence-corrected chi connectivity index (χ4v) is 3.47. The van der Waals surface area contributed by atoms with Gasteiger partial charge in [-0.3, -0.25) is 4.79 Å². The molecule has 28 heavy (non-hydrogen) atoms. The second kappa shape index (κ2) is 7.96. The summed E-state index contributed by atoms with van der Waals surface area (Å²) in [5.41, 5.74) is 3.75. The van der Waals surface area contributed by atoms with Crippen molar-refractivity contribution in [1.82, 2.24) is 10.3 Å². The molecule has 2 aromatic carbocycles. The van der Waals surface area contributed by atoms with Gasteiger partial charge in [-0.05, 0) is 49.6 Å². The first-order chi connectivity index (χ1) is 13.4. The molecule has 1 heterocycles. The minimum Gasteiger partial charge on any atom is -0.493 e. The van der Waals surface area contributed by atoms with Gasteiger partial charge in [0.25, 0.3) is 5.91 Å². The van der Waals surface area contributed by atoms with Crippen molar-refractivity contribution in [3.05, 3.63) is 52.5 Å². The highest BCUT2D eigenvalue weighted by Gasteiger charge is 2.16. The van der Waals surface area contributed by atoms with Crippen molar-refractivity contribution in [3.8, 4) is 11.5 Å². The van der Waals surface area contributed by atoms with E-state index < -0.39 is 5.82 Å². The number of hydrogen-bond donors (Lipinski definition) is 2. The van der Waals surface area contributed by atoms with Crippen molar-refractivity contribution in [2.45, 2.75) is 20.3 Å². The zero-order valence-corrected chi connectivity index (χ0v) is 16.4. The van der Waals surface area contributed by atoms with Crippen LogP contribution in [0.25, 0.3) is 10.9 Å². The van der Waals surface area contributed by atoms with E-state index >= 15 is 0 Å². The summed E-state index contributed by atoms with van der Waals surface area (Å²) in [5, 5.41) is 3.72. The lowest BCUT2D eigenvalue weighted by molar-refractivity contribution is 0.0953. The van der Waals surface area contributed by atoms with Gasteiger partial charge in [0.05, 0.1) is 19.7 Å². The number of rotatable bonds is 6. The number of aromatic nitrogens is 1. The molecule has 2 N–H and O–H groups in total. The molecule has 0 saturated carbocycles. The summed E-state index contributed by atoms with van der Waals surface area (Å²) in [6.07, 6.45) is 0.565. The molecule has 2 radical (unpaired) electrons. The Kier molecular flexibility index (Phi) is 5.63. The van der Waals surface area contributed by atoms with E-state index in [1.54, 1.807) is 31.4 Å². The van der Waals surface area contributed by atoms with E-state index in [-0.39, 0.29) is 11.4 Å². The fraction of sp³-hybridized carbons (Fsp3) is 0.286. The van der Waals surface area contributed by atoms with Crippen LogP contribution < -0.4 is 20.3 Å². The molecule has 3 aromatic rings. The average molecular weight is 380 g/mol. The normalized spacial score (nSPS) is 10.9. The lowest BCUT2D eigenvalue weighted by atomic mass is 9.90. The molecule has 7 heteroatoms. The molecular weight excluding hydrogens is 358 g/mol. The SMILES string of the molecule is [B]c1cc(C)c2c(CCNC(=O)c3ccc(OC)c(OC)c3)c(C)[nH]c2c1F. The third-order valence-corrected chi connectivity index (χ3v) is 4.86. The summed E-state index contributed by atoms with van der Waals surface area (Å²) in [6, 6.07) is 6.63. The van der Waals surface area contributed by atoms with Gasteiger partial charge in [-0.2, -0.15) is 0 Å². The standard InChI is InChI=1S/C21H22BFN2O3/c1-11-9-15(22)19(23)20-18(11)14(12(2)25-20)7-8-24-21(26)13-5-6-16(27-3)17(10-13)28-4/h5-6,9-10,25H,7-8H2,1-4H3,(H,24,26). The summed E-state index contributed by atoms with van der Waals surface area (Å²) in [7, 11) is 8.79. The van der Waals surface area contributed by atoms with Crippen molar-refractivity contribution in [3.63, 3.8) is 0 Å². The van der Waals surface area contributed by atoms with Gasteiger partial charge >= 0.3 is 0 Å². The molecule has 0 fully saturated rings. The number of amides is 1. The van der Waals surface area contributed by atoms with Crippen LogP contribution in [0.5, 0.6) is 11.5 Å². The van der Waals surface area contributed by atoms with E-state index in [4.69, 9.17) is 17.3 Å². The Morgan fingerprint density at radius 2 is 1.89 bits per heavy atom. The molecule has 0 aliphatic heterocycles. The van der Waals surface area contributed by atoms with Gasteiger partial charge in [-0.15, -0.1) is 0 Å². The van der Waals surface area contributed by atoms with Crippen molar-refractivity contribution < 1.29 is 18.7 Å². The molecule has 0 saturated heterocycles. The second-order valence-corrected chi connectivity index (χ2v) is 6.65. The van der Waals surface area contributed by atoms with Gasteiger partial charge in [0.15, 0.2) is 11.5 Å². The van der Waals surface area contributed by atoms with Gasteiger partial charge in [0.2, 0.25) is 0 Å². The number of fused-ring (bicyclic) bond motifs is 1. The predicted octanol–water partition coefficient (Wildman–Crippen LogP) is 2.71. The molecule has 1 amide bonds. The first-order valence-corrected chi connectivity index (χ1v) is 8.93. The molecule has 0 bridgehead atoms. The number of aromatic amines is 1. The molecule has 144 valence electrons. The second-order valence-electron chi connectivity index (χ2n) is 6.65. The molecule has 3 rings (SSSR count). The van der Waals surface area contributed by atoms with Crippen LogP contribution in [0, 0.1) is 19.7 Å². The molecule has 0 atom stereocenters. The highest BCUT2D eigenvalue weighted by molar-refractivity contribution is 6.33. The number of methoxy groups -OCH3 is 2. The van der Waals surface area contributed by atoms with Gasteiger partial charge in [0, 0.05) is 23.2 Å². The largest absolute Gasteiger partial charge is 0.493 e. The third-order valence-electron chi connectivity index (χ3n) is 4.86. The van der Waals surface area contributed by atoms with E-state index in [2.05, 4.69) is 10.3 Å². The number of aryl methyl sites for hydroxylation is 2. The molecule has 0 unspecified atom stereocenters. The summed E-state index contributed by atoms with van der Waals surface area (Å²) >= 11 is 0. The van der Waals surface area contributed by atoms with E-state index in [0.717, 1.165) is 22.2 Å². The predicted molar refractivity (Wildman–Crippen MR) is 109 cm³/mol. The Morgan fingerprint density at radius 3 is 2.57 bits per heavy atom. The van der Waals surface area contributed by atoms with Crippen LogP contribution >= 0.6 is 0 Å². The first kappa shape index (κ1) is 19.8. The fourth-order valence-electron chi connectivity index (χ4n) is 3.47. The maximum atomic E-state index is 14.3. The monoisotopic (exact) mass is 380 g/mol. The van der Waals surface area contributed by atoms with Crippen molar-refractivity contribution in [2.24, 2.45) is 0 Å². The number of ether oxygens (including phenoxy) is 2. The molecule has 0 aliphatic rings. The van der Waals surface area contributed by atoms with Crippen molar-refractivity contribution >= 4 is 30.1 Å². The number of H-pyrrole nitrogens is 1. The molecule has 0 aliphatic carbocycles. The third kappa shape index (κ3) is 3.57. The average Bonchev–Trinajstić information content (AvgIpc) is 3.02. The molecule has 5 nitrogen and oxygen atoms in total. The van der Waals surface area contributed by atoms with Gasteiger partial charge < -0.3 is 19.8 Å². The van der Waals surface area contributed by atoms with Crippen LogP contribution in [0.2, 0.25) is 0 Å².